The number of aromatic nitrogens is 3. The normalized spacial score (nSPS) is 20.2. The molecule has 8 heteroatoms. The number of hydrogen-bond acceptors (Lipinski definition) is 6. The molecule has 3 aliphatic rings. The summed E-state index contributed by atoms with van der Waals surface area (Å²) >= 11 is 6.50. The number of fused-ring (bicyclic) bond motifs is 1. The van der Waals surface area contributed by atoms with Gasteiger partial charge in [0.25, 0.3) is 0 Å². The van der Waals surface area contributed by atoms with Crippen LogP contribution in [0, 0.1) is 0 Å². The molecule has 0 bridgehead atoms. The van der Waals surface area contributed by atoms with Crippen molar-refractivity contribution >= 4 is 23.6 Å². The van der Waals surface area contributed by atoms with Gasteiger partial charge in [0.1, 0.15) is 0 Å². The summed E-state index contributed by atoms with van der Waals surface area (Å²) in [5.41, 5.74) is 2.42. The number of nitrogens with zero attached hydrogens (tertiary/aromatic N) is 5. The van der Waals surface area contributed by atoms with E-state index in [0.29, 0.717) is 22.5 Å². The summed E-state index contributed by atoms with van der Waals surface area (Å²) in [6.07, 6.45) is 12.3. The first kappa shape index (κ1) is 18.8. The Morgan fingerprint density at radius 2 is 1.93 bits per heavy atom. The second-order valence-electron chi connectivity index (χ2n) is 8.00. The third-order valence-corrected chi connectivity index (χ3v) is 6.64. The number of carbonyl (C=O) groups excluding carboxylic acids is 1. The van der Waals surface area contributed by atoms with Gasteiger partial charge in [-0.3, -0.25) is 9.78 Å². The van der Waals surface area contributed by atoms with Gasteiger partial charge in [-0.2, -0.15) is 4.98 Å². The number of piperidine rings is 2. The van der Waals surface area contributed by atoms with Crippen molar-refractivity contribution in [3.05, 3.63) is 34.4 Å². The number of rotatable bonds is 3. The first-order chi connectivity index (χ1) is 14.2. The molecule has 2 aliphatic heterocycles. The molecule has 1 aliphatic carbocycles. The molecule has 2 fully saturated rings. The van der Waals surface area contributed by atoms with Crippen molar-refractivity contribution in [1.82, 2.24) is 24.9 Å². The summed E-state index contributed by atoms with van der Waals surface area (Å²) < 4.78 is 5.28. The molecule has 0 spiro atoms. The number of pyridine rings is 1. The van der Waals surface area contributed by atoms with E-state index in [4.69, 9.17) is 16.1 Å². The predicted molar refractivity (Wildman–Crippen MR) is 110 cm³/mol. The average Bonchev–Trinajstić information content (AvgIpc) is 3.44. The first-order valence-electron chi connectivity index (χ1n) is 10.4. The van der Waals surface area contributed by atoms with E-state index < -0.39 is 0 Å². The van der Waals surface area contributed by atoms with Crippen LogP contribution in [0.3, 0.4) is 0 Å². The fraction of sp³-hybridized carbons (Fsp3) is 0.524. The van der Waals surface area contributed by atoms with Gasteiger partial charge in [0.15, 0.2) is 0 Å². The van der Waals surface area contributed by atoms with Crippen LogP contribution in [0.1, 0.15) is 54.0 Å². The van der Waals surface area contributed by atoms with Crippen LogP contribution in [-0.2, 0) is 6.42 Å². The van der Waals surface area contributed by atoms with Crippen molar-refractivity contribution in [2.45, 2.75) is 44.6 Å². The van der Waals surface area contributed by atoms with Crippen LogP contribution in [0.4, 0.5) is 0 Å². The molecule has 152 valence electrons. The van der Waals surface area contributed by atoms with Crippen LogP contribution >= 0.6 is 11.6 Å². The number of carbonyl (C=O) groups is 1. The van der Waals surface area contributed by atoms with E-state index in [9.17, 15) is 4.79 Å². The van der Waals surface area contributed by atoms with Gasteiger partial charge in [-0.25, -0.2) is 0 Å². The molecule has 2 saturated heterocycles. The molecule has 0 aromatic carbocycles. The van der Waals surface area contributed by atoms with E-state index in [2.05, 4.69) is 20.0 Å². The molecule has 29 heavy (non-hydrogen) atoms. The maximum Gasteiger partial charge on any atom is 0.316 e. The van der Waals surface area contributed by atoms with Gasteiger partial charge < -0.3 is 14.3 Å². The Labute approximate surface area is 174 Å². The zero-order valence-corrected chi connectivity index (χ0v) is 17.1. The topological polar surface area (TPSA) is 75.4 Å². The quantitative estimate of drug-likeness (QED) is 0.767. The lowest BCUT2D eigenvalue weighted by atomic mass is 10.00. The number of amides is 1. The molecular formula is C21H24ClN5O2. The Kier molecular flexibility index (Phi) is 5.09. The van der Waals surface area contributed by atoms with Crippen molar-refractivity contribution in [1.29, 1.82) is 0 Å². The second kappa shape index (κ2) is 7.88. The maximum atomic E-state index is 12.9. The number of allylic oxidation sites excluding steroid dienone is 1. The number of halogens is 1. The number of likely N-dealkylation sites (tertiary alicyclic amines) is 2. The molecule has 0 N–H and O–H groups in total. The smallest absolute Gasteiger partial charge is 0.316 e. The highest BCUT2D eigenvalue weighted by Gasteiger charge is 2.30. The second-order valence-corrected chi connectivity index (χ2v) is 8.37. The molecule has 1 amide bonds. The van der Waals surface area contributed by atoms with Crippen LogP contribution in [0.15, 0.2) is 16.8 Å². The predicted octanol–water partition coefficient (Wildman–Crippen LogP) is 3.44. The lowest BCUT2D eigenvalue weighted by Gasteiger charge is -2.39. The zero-order valence-electron chi connectivity index (χ0n) is 16.3. The standard InChI is InChI=1S/C21H24ClN5O2/c22-18-15-5-4-6-17(15)23-13-16(18)19-24-20(29-25-19)21(28)27-11-7-14(8-12-27)26-9-2-1-3-10-26/h4-5,13-14H,1-3,6-12H2. The SMILES string of the molecule is O=C(c1nc(-c2cnc3c(c2Cl)C=CC3)no1)N1CCC(N2CCCCC2)CC1. The Morgan fingerprint density at radius 1 is 1.14 bits per heavy atom. The monoisotopic (exact) mass is 413 g/mol. The van der Waals surface area contributed by atoms with E-state index in [1.807, 2.05) is 17.1 Å². The fourth-order valence-electron chi connectivity index (χ4n) is 4.59. The highest BCUT2D eigenvalue weighted by atomic mass is 35.5. The molecule has 5 rings (SSSR count). The largest absolute Gasteiger partial charge is 0.334 e. The molecular weight excluding hydrogens is 390 g/mol. The summed E-state index contributed by atoms with van der Waals surface area (Å²) in [4.78, 5) is 26.0. The average molecular weight is 414 g/mol. The summed E-state index contributed by atoms with van der Waals surface area (Å²) in [5.74, 6) is 0.117. The maximum absolute atomic E-state index is 12.9. The summed E-state index contributed by atoms with van der Waals surface area (Å²) in [5, 5.41) is 4.53. The Hall–Kier alpha value is -2.25. The molecule has 0 saturated carbocycles. The van der Waals surface area contributed by atoms with Gasteiger partial charge in [0.2, 0.25) is 5.82 Å². The number of hydrogen-bond donors (Lipinski definition) is 0. The zero-order chi connectivity index (χ0) is 19.8. The first-order valence-corrected chi connectivity index (χ1v) is 10.8. The highest BCUT2D eigenvalue weighted by molar-refractivity contribution is 6.34. The van der Waals surface area contributed by atoms with Gasteiger partial charge in [0.05, 0.1) is 16.3 Å². The molecule has 0 radical (unpaired) electrons. The summed E-state index contributed by atoms with van der Waals surface area (Å²) in [6, 6.07) is 0.585. The van der Waals surface area contributed by atoms with Crippen molar-refractivity contribution < 1.29 is 9.32 Å². The molecule has 2 aromatic rings. The van der Waals surface area contributed by atoms with E-state index >= 15 is 0 Å². The lowest BCUT2D eigenvalue weighted by molar-refractivity contribution is 0.0547. The van der Waals surface area contributed by atoms with E-state index in [1.54, 1.807) is 6.20 Å². The molecule has 7 nitrogen and oxygen atoms in total. The van der Waals surface area contributed by atoms with Crippen LogP contribution in [0.2, 0.25) is 5.02 Å². The van der Waals surface area contributed by atoms with Crippen molar-refractivity contribution in [3.8, 4) is 11.4 Å². The Balaban J connectivity index is 1.26. The minimum atomic E-state index is -0.203. The van der Waals surface area contributed by atoms with Crippen molar-refractivity contribution in [3.63, 3.8) is 0 Å². The lowest BCUT2D eigenvalue weighted by Crippen LogP contribution is -2.48. The minimum Gasteiger partial charge on any atom is -0.334 e. The van der Waals surface area contributed by atoms with Gasteiger partial charge in [-0.05, 0) is 38.8 Å². The third kappa shape index (κ3) is 3.57. The summed E-state index contributed by atoms with van der Waals surface area (Å²) in [6.45, 7) is 3.83. The van der Waals surface area contributed by atoms with Crippen molar-refractivity contribution in [2.75, 3.05) is 26.2 Å². The third-order valence-electron chi connectivity index (χ3n) is 6.24. The van der Waals surface area contributed by atoms with E-state index in [0.717, 1.165) is 43.6 Å². The van der Waals surface area contributed by atoms with E-state index in [-0.39, 0.29) is 11.8 Å². The van der Waals surface area contributed by atoms with E-state index in [1.165, 1.54) is 32.4 Å². The summed E-state index contributed by atoms with van der Waals surface area (Å²) in [7, 11) is 0. The Morgan fingerprint density at radius 3 is 2.72 bits per heavy atom. The fourth-order valence-corrected chi connectivity index (χ4v) is 4.89. The van der Waals surface area contributed by atoms with Gasteiger partial charge in [-0.1, -0.05) is 35.3 Å². The van der Waals surface area contributed by atoms with Gasteiger partial charge in [0, 0.05) is 37.3 Å². The van der Waals surface area contributed by atoms with Crippen molar-refractivity contribution in [2.24, 2.45) is 0 Å². The Bertz CT molecular complexity index is 943. The van der Waals surface area contributed by atoms with Crippen LogP contribution in [0.5, 0.6) is 0 Å². The highest BCUT2D eigenvalue weighted by Crippen LogP contribution is 2.33. The van der Waals surface area contributed by atoms with Crippen LogP contribution in [0.25, 0.3) is 17.5 Å². The van der Waals surface area contributed by atoms with Crippen LogP contribution in [-0.4, -0.2) is 63.1 Å². The molecule has 4 heterocycles. The van der Waals surface area contributed by atoms with Gasteiger partial charge in [-0.15, -0.1) is 0 Å². The minimum absolute atomic E-state index is 0.0172. The molecule has 0 unspecified atom stereocenters. The van der Waals surface area contributed by atoms with Gasteiger partial charge >= 0.3 is 11.8 Å². The molecule has 2 aromatic heterocycles. The molecule has 0 atom stereocenters. The van der Waals surface area contributed by atoms with Crippen LogP contribution < -0.4 is 0 Å².